The third-order valence-corrected chi connectivity index (χ3v) is 5.90. The lowest BCUT2D eigenvalue weighted by molar-refractivity contribution is -0.0562. The molecular formula is C19H25ClN2O2. The van der Waals surface area contributed by atoms with Crippen LogP contribution in [0.15, 0.2) is 30.5 Å². The average molecular weight is 349 g/mol. The van der Waals surface area contributed by atoms with Crippen LogP contribution in [-0.4, -0.2) is 39.2 Å². The van der Waals surface area contributed by atoms with E-state index in [2.05, 4.69) is 16.8 Å². The molecule has 0 aliphatic carbocycles. The van der Waals surface area contributed by atoms with E-state index in [0.717, 1.165) is 47.8 Å². The normalized spacial score (nSPS) is 30.1. The van der Waals surface area contributed by atoms with Gasteiger partial charge < -0.3 is 10.2 Å². The van der Waals surface area contributed by atoms with Crippen molar-refractivity contribution < 1.29 is 10.2 Å². The molecule has 2 bridgehead atoms. The molecule has 5 atom stereocenters. The summed E-state index contributed by atoms with van der Waals surface area (Å²) >= 11 is 0. The molecule has 3 aliphatic rings. The predicted molar refractivity (Wildman–Crippen MR) is 97.5 cm³/mol. The van der Waals surface area contributed by atoms with E-state index >= 15 is 0 Å². The van der Waals surface area contributed by atoms with Crippen molar-refractivity contribution in [2.24, 2.45) is 11.8 Å². The zero-order chi connectivity index (χ0) is 16.0. The fraction of sp³-hybridized carbons (Fsp3) is 0.526. The zero-order valence-corrected chi connectivity index (χ0v) is 14.7. The van der Waals surface area contributed by atoms with Gasteiger partial charge in [0.05, 0.1) is 11.6 Å². The largest absolute Gasteiger partial charge is 0.508 e. The molecule has 3 aliphatic heterocycles. The van der Waals surface area contributed by atoms with Crippen LogP contribution in [0.2, 0.25) is 0 Å². The van der Waals surface area contributed by atoms with E-state index in [9.17, 15) is 10.2 Å². The number of aliphatic hydroxyl groups excluding tert-OH is 1. The summed E-state index contributed by atoms with van der Waals surface area (Å²) in [6.07, 6.45) is 4.80. The van der Waals surface area contributed by atoms with Gasteiger partial charge in [0.1, 0.15) is 5.75 Å². The van der Waals surface area contributed by atoms with E-state index < -0.39 is 6.10 Å². The van der Waals surface area contributed by atoms with Crippen molar-refractivity contribution in [3.05, 3.63) is 36.0 Å². The first kappa shape index (κ1) is 17.5. The van der Waals surface area contributed by atoms with Crippen LogP contribution >= 0.6 is 12.4 Å². The molecule has 0 radical (unpaired) electrons. The van der Waals surface area contributed by atoms with Crippen LogP contribution in [0.1, 0.15) is 37.9 Å². The number of phenolic OH excluding ortho intramolecular Hbond substituents is 1. The molecule has 2 aromatic rings. The lowest BCUT2D eigenvalue weighted by atomic mass is 9.72. The summed E-state index contributed by atoms with van der Waals surface area (Å²) in [4.78, 5) is 6.81. The van der Waals surface area contributed by atoms with E-state index in [1.807, 2.05) is 6.07 Å². The van der Waals surface area contributed by atoms with Crippen molar-refractivity contribution in [2.45, 2.75) is 38.3 Å². The first-order valence-corrected chi connectivity index (χ1v) is 8.67. The molecule has 130 valence electrons. The summed E-state index contributed by atoms with van der Waals surface area (Å²) in [7, 11) is 0. The van der Waals surface area contributed by atoms with Gasteiger partial charge in [-0.05, 0) is 61.1 Å². The van der Waals surface area contributed by atoms with Crippen LogP contribution in [0.4, 0.5) is 0 Å². The third kappa shape index (κ3) is 2.87. The molecule has 1 aromatic heterocycles. The number of halogens is 1. The Morgan fingerprint density at radius 2 is 2.17 bits per heavy atom. The number of benzene rings is 1. The molecule has 2 N–H and O–H groups in total. The van der Waals surface area contributed by atoms with Gasteiger partial charge in [-0.3, -0.25) is 9.88 Å². The van der Waals surface area contributed by atoms with Gasteiger partial charge in [0.2, 0.25) is 0 Å². The molecule has 1 unspecified atom stereocenters. The van der Waals surface area contributed by atoms with E-state index in [4.69, 9.17) is 0 Å². The van der Waals surface area contributed by atoms with E-state index in [0.29, 0.717) is 0 Å². The predicted octanol–water partition coefficient (Wildman–Crippen LogP) is 3.52. The minimum atomic E-state index is -0.525. The van der Waals surface area contributed by atoms with Crippen LogP contribution in [0, 0.1) is 11.8 Å². The molecule has 3 fully saturated rings. The summed E-state index contributed by atoms with van der Waals surface area (Å²) < 4.78 is 0. The average Bonchev–Trinajstić information content (AvgIpc) is 2.60. The fourth-order valence-electron chi connectivity index (χ4n) is 4.59. The fourth-order valence-corrected chi connectivity index (χ4v) is 4.59. The number of rotatable bonds is 3. The maximum absolute atomic E-state index is 11.1. The molecule has 0 saturated carbocycles. The van der Waals surface area contributed by atoms with Crippen LogP contribution in [-0.2, 0) is 0 Å². The quantitative estimate of drug-likeness (QED) is 0.891. The number of phenols is 1. The third-order valence-electron chi connectivity index (χ3n) is 5.90. The topological polar surface area (TPSA) is 56.6 Å². The first-order valence-electron chi connectivity index (χ1n) is 8.67. The molecule has 5 heteroatoms. The molecule has 1 aromatic carbocycles. The highest BCUT2D eigenvalue weighted by atomic mass is 35.5. The van der Waals surface area contributed by atoms with Crippen molar-refractivity contribution in [1.82, 2.24) is 9.88 Å². The van der Waals surface area contributed by atoms with Gasteiger partial charge in [-0.15, -0.1) is 12.4 Å². The standard InChI is InChI=1S/C19H24N2O2.ClH/c1-2-12-11-21-8-6-13(12)9-18(21)19(23)15-5-7-20-17-4-3-14(22)10-16(15)17;/h3-5,7,10,12-13,18-19,22-23H,2,6,8-9,11H2,1H3;1H/t12-,13-,18-,19+;/m0./s1. The van der Waals surface area contributed by atoms with Gasteiger partial charge in [-0.1, -0.05) is 13.3 Å². The summed E-state index contributed by atoms with van der Waals surface area (Å²) in [6, 6.07) is 7.24. The second kappa shape index (κ2) is 6.87. The molecule has 24 heavy (non-hydrogen) atoms. The Labute approximate surface area is 148 Å². The molecular weight excluding hydrogens is 324 g/mol. The lowest BCUT2D eigenvalue weighted by Crippen LogP contribution is -2.55. The lowest BCUT2D eigenvalue weighted by Gasteiger charge is -2.51. The van der Waals surface area contributed by atoms with E-state index in [-0.39, 0.29) is 24.2 Å². The van der Waals surface area contributed by atoms with Crippen molar-refractivity contribution in [3.63, 3.8) is 0 Å². The highest BCUT2D eigenvalue weighted by molar-refractivity contribution is 5.85. The number of aromatic hydroxyl groups is 1. The number of pyridine rings is 1. The smallest absolute Gasteiger partial charge is 0.116 e. The van der Waals surface area contributed by atoms with E-state index in [1.165, 1.54) is 12.8 Å². The Balaban J connectivity index is 0.00000169. The number of nitrogens with zero attached hydrogens (tertiary/aromatic N) is 2. The Bertz CT molecular complexity index is 724. The van der Waals surface area contributed by atoms with Crippen LogP contribution in [0.25, 0.3) is 10.9 Å². The highest BCUT2D eigenvalue weighted by Gasteiger charge is 2.42. The van der Waals surface area contributed by atoms with Crippen LogP contribution in [0.3, 0.4) is 0 Å². The Kier molecular flexibility index (Phi) is 5.00. The Morgan fingerprint density at radius 1 is 1.33 bits per heavy atom. The van der Waals surface area contributed by atoms with Gasteiger partial charge in [-0.2, -0.15) is 0 Å². The number of piperidine rings is 3. The van der Waals surface area contributed by atoms with Crippen molar-refractivity contribution in [3.8, 4) is 5.75 Å². The summed E-state index contributed by atoms with van der Waals surface area (Å²) in [5.41, 5.74) is 1.71. The summed E-state index contributed by atoms with van der Waals surface area (Å²) in [5, 5.41) is 21.7. The molecule has 0 spiro atoms. The second-order valence-electron chi connectivity index (χ2n) is 7.06. The van der Waals surface area contributed by atoms with Crippen LogP contribution in [0.5, 0.6) is 5.75 Å². The summed E-state index contributed by atoms with van der Waals surface area (Å²) in [5.74, 6) is 1.74. The van der Waals surface area contributed by atoms with E-state index in [1.54, 1.807) is 24.4 Å². The Morgan fingerprint density at radius 3 is 2.88 bits per heavy atom. The van der Waals surface area contributed by atoms with Gasteiger partial charge in [-0.25, -0.2) is 0 Å². The molecule has 4 nitrogen and oxygen atoms in total. The van der Waals surface area contributed by atoms with Crippen molar-refractivity contribution >= 4 is 23.3 Å². The van der Waals surface area contributed by atoms with Crippen LogP contribution < -0.4 is 0 Å². The molecule has 3 saturated heterocycles. The van der Waals surface area contributed by atoms with Gasteiger partial charge in [0.25, 0.3) is 0 Å². The molecule has 4 heterocycles. The minimum absolute atomic E-state index is 0. The maximum atomic E-state index is 11.1. The number of hydrogen-bond acceptors (Lipinski definition) is 4. The SMILES string of the molecule is CC[C@H]1CN2CC[C@H]1C[C@H]2[C@H](O)c1ccnc2ccc(O)cc12.Cl. The number of aromatic nitrogens is 1. The van der Waals surface area contributed by atoms with Crippen molar-refractivity contribution in [1.29, 1.82) is 0 Å². The Hall–Kier alpha value is -1.36. The minimum Gasteiger partial charge on any atom is -0.508 e. The molecule has 0 amide bonds. The molecule has 5 rings (SSSR count). The number of hydrogen-bond donors (Lipinski definition) is 2. The first-order chi connectivity index (χ1) is 11.2. The van der Waals surface area contributed by atoms with Gasteiger partial charge >= 0.3 is 0 Å². The monoisotopic (exact) mass is 348 g/mol. The second-order valence-corrected chi connectivity index (χ2v) is 7.06. The maximum Gasteiger partial charge on any atom is 0.116 e. The zero-order valence-electron chi connectivity index (χ0n) is 13.9. The number of aliphatic hydroxyl groups is 1. The van der Waals surface area contributed by atoms with Gasteiger partial charge in [0, 0.05) is 24.2 Å². The van der Waals surface area contributed by atoms with Gasteiger partial charge in [0.15, 0.2) is 0 Å². The highest BCUT2D eigenvalue weighted by Crippen LogP contribution is 2.42. The van der Waals surface area contributed by atoms with Crippen molar-refractivity contribution in [2.75, 3.05) is 13.1 Å². The number of fused-ring (bicyclic) bond motifs is 4. The summed E-state index contributed by atoms with van der Waals surface area (Å²) in [6.45, 7) is 4.48.